The van der Waals surface area contributed by atoms with Gasteiger partial charge in [-0.05, 0) is 44.4 Å². The molecule has 1 saturated heterocycles. The Morgan fingerprint density at radius 1 is 1.50 bits per heavy atom. The molecular weight excluding hydrogens is 250 g/mol. The minimum atomic E-state index is 0. The van der Waals surface area contributed by atoms with E-state index in [0.29, 0.717) is 12.5 Å². The van der Waals surface area contributed by atoms with E-state index in [9.17, 15) is 4.79 Å². The van der Waals surface area contributed by atoms with Gasteiger partial charge in [0.15, 0.2) is 0 Å². The highest BCUT2D eigenvalue weighted by Gasteiger charge is 2.25. The number of halogens is 1. The van der Waals surface area contributed by atoms with Crippen LogP contribution in [0.4, 0.5) is 0 Å². The first-order valence-electron chi connectivity index (χ1n) is 6.25. The molecule has 1 aliphatic rings. The van der Waals surface area contributed by atoms with Crippen LogP contribution in [0.25, 0.3) is 0 Å². The lowest BCUT2D eigenvalue weighted by atomic mass is 9.98. The minimum absolute atomic E-state index is 0. The van der Waals surface area contributed by atoms with Crippen molar-refractivity contribution in [3.05, 3.63) is 23.5 Å². The monoisotopic (exact) mass is 271 g/mol. The van der Waals surface area contributed by atoms with Gasteiger partial charge in [0.1, 0.15) is 5.69 Å². The molecule has 0 spiro atoms. The molecule has 4 nitrogen and oxygen atoms in total. The van der Waals surface area contributed by atoms with Crippen LogP contribution in [0.2, 0.25) is 0 Å². The fourth-order valence-electron chi connectivity index (χ4n) is 2.43. The number of hydrogen-bond acceptors (Lipinski definition) is 2. The minimum Gasteiger partial charge on any atom is -0.344 e. The predicted molar refractivity (Wildman–Crippen MR) is 75.1 cm³/mol. The summed E-state index contributed by atoms with van der Waals surface area (Å²) in [6.07, 6.45) is 2.21. The highest BCUT2D eigenvalue weighted by molar-refractivity contribution is 5.93. The molecular formula is C13H22ClN3O. The molecule has 1 aliphatic heterocycles. The molecule has 2 rings (SSSR count). The summed E-state index contributed by atoms with van der Waals surface area (Å²) < 4.78 is 1.95. The van der Waals surface area contributed by atoms with Gasteiger partial charge in [0, 0.05) is 25.8 Å². The number of aromatic nitrogens is 1. The normalized spacial score (nSPS) is 19.5. The van der Waals surface area contributed by atoms with Gasteiger partial charge in [-0.3, -0.25) is 4.79 Å². The third-order valence-electron chi connectivity index (χ3n) is 3.73. The zero-order chi connectivity index (χ0) is 12.4. The van der Waals surface area contributed by atoms with E-state index in [1.54, 1.807) is 0 Å². The number of likely N-dealkylation sites (tertiary alicyclic amines) is 1. The molecule has 102 valence electrons. The number of rotatable bonds is 2. The summed E-state index contributed by atoms with van der Waals surface area (Å²) in [4.78, 5) is 14.3. The summed E-state index contributed by atoms with van der Waals surface area (Å²) >= 11 is 0. The van der Waals surface area contributed by atoms with Crippen LogP contribution >= 0.6 is 12.4 Å². The topological polar surface area (TPSA) is 51.3 Å². The fourth-order valence-corrected chi connectivity index (χ4v) is 2.43. The van der Waals surface area contributed by atoms with Gasteiger partial charge in [-0.15, -0.1) is 12.4 Å². The van der Waals surface area contributed by atoms with E-state index in [0.717, 1.165) is 37.3 Å². The van der Waals surface area contributed by atoms with Crippen molar-refractivity contribution >= 4 is 18.3 Å². The summed E-state index contributed by atoms with van der Waals surface area (Å²) in [5.74, 6) is 0.604. The molecule has 2 heterocycles. The van der Waals surface area contributed by atoms with Gasteiger partial charge >= 0.3 is 0 Å². The van der Waals surface area contributed by atoms with Crippen LogP contribution in [0.15, 0.2) is 12.1 Å². The van der Waals surface area contributed by atoms with Crippen LogP contribution in [0, 0.1) is 12.8 Å². The van der Waals surface area contributed by atoms with Gasteiger partial charge in [0.25, 0.3) is 5.91 Å². The molecule has 1 atom stereocenters. The molecule has 1 amide bonds. The summed E-state index contributed by atoms with van der Waals surface area (Å²) in [6, 6.07) is 3.89. The summed E-state index contributed by atoms with van der Waals surface area (Å²) in [7, 11) is 1.94. The highest BCUT2D eigenvalue weighted by atomic mass is 35.5. The Balaban J connectivity index is 0.00000162. The zero-order valence-corrected chi connectivity index (χ0v) is 11.9. The molecule has 2 N–H and O–H groups in total. The molecule has 0 aromatic carbocycles. The number of hydrogen-bond donors (Lipinski definition) is 1. The van der Waals surface area contributed by atoms with Gasteiger partial charge in [0.05, 0.1) is 0 Å². The maximum atomic E-state index is 12.4. The smallest absolute Gasteiger partial charge is 0.270 e. The zero-order valence-electron chi connectivity index (χ0n) is 11.1. The number of piperidine rings is 1. The third kappa shape index (κ3) is 2.87. The number of aryl methyl sites for hydroxylation is 1. The van der Waals surface area contributed by atoms with Crippen molar-refractivity contribution in [1.82, 2.24) is 9.47 Å². The second-order valence-corrected chi connectivity index (χ2v) is 4.91. The molecule has 5 heteroatoms. The SMILES string of the molecule is Cc1ccc(C(=O)N2CCCC(CN)C2)n1C.Cl. The van der Waals surface area contributed by atoms with E-state index in [-0.39, 0.29) is 18.3 Å². The largest absolute Gasteiger partial charge is 0.344 e. The maximum Gasteiger partial charge on any atom is 0.270 e. The van der Waals surface area contributed by atoms with E-state index in [4.69, 9.17) is 5.73 Å². The lowest BCUT2D eigenvalue weighted by Crippen LogP contribution is -2.42. The summed E-state index contributed by atoms with van der Waals surface area (Å²) in [6.45, 7) is 4.35. The van der Waals surface area contributed by atoms with E-state index < -0.39 is 0 Å². The number of nitrogens with zero attached hydrogens (tertiary/aromatic N) is 2. The molecule has 18 heavy (non-hydrogen) atoms. The van der Waals surface area contributed by atoms with Crippen LogP contribution in [0.5, 0.6) is 0 Å². The number of carbonyl (C=O) groups is 1. The Bertz CT molecular complexity index is 416. The Labute approximate surface area is 115 Å². The first kappa shape index (κ1) is 15.1. The first-order valence-corrected chi connectivity index (χ1v) is 6.25. The van der Waals surface area contributed by atoms with E-state index in [2.05, 4.69) is 0 Å². The van der Waals surface area contributed by atoms with Crippen LogP contribution in [0.1, 0.15) is 29.0 Å². The Hall–Kier alpha value is -1.00. The molecule has 0 radical (unpaired) electrons. The lowest BCUT2D eigenvalue weighted by Gasteiger charge is -2.32. The molecule has 1 fully saturated rings. The van der Waals surface area contributed by atoms with Crippen LogP contribution in [0.3, 0.4) is 0 Å². The van der Waals surface area contributed by atoms with Crippen molar-refractivity contribution in [2.45, 2.75) is 19.8 Å². The van der Waals surface area contributed by atoms with Crippen molar-refractivity contribution < 1.29 is 4.79 Å². The Kier molecular flexibility index (Phi) is 5.23. The molecule has 1 aromatic heterocycles. The summed E-state index contributed by atoms with van der Waals surface area (Å²) in [5, 5.41) is 0. The molecule has 1 aromatic rings. The van der Waals surface area contributed by atoms with E-state index in [1.807, 2.05) is 35.6 Å². The second-order valence-electron chi connectivity index (χ2n) is 4.91. The van der Waals surface area contributed by atoms with Crippen molar-refractivity contribution in [3.63, 3.8) is 0 Å². The van der Waals surface area contributed by atoms with Crippen molar-refractivity contribution in [1.29, 1.82) is 0 Å². The van der Waals surface area contributed by atoms with Gasteiger partial charge in [-0.2, -0.15) is 0 Å². The predicted octanol–water partition coefficient (Wildman–Crippen LogP) is 1.57. The number of carbonyl (C=O) groups excluding carboxylic acids is 1. The number of nitrogens with two attached hydrogens (primary N) is 1. The lowest BCUT2D eigenvalue weighted by molar-refractivity contribution is 0.0668. The maximum absolute atomic E-state index is 12.4. The molecule has 0 bridgehead atoms. The highest BCUT2D eigenvalue weighted by Crippen LogP contribution is 2.18. The van der Waals surface area contributed by atoms with Crippen molar-refractivity contribution in [3.8, 4) is 0 Å². The average molecular weight is 272 g/mol. The van der Waals surface area contributed by atoms with Crippen molar-refractivity contribution in [2.75, 3.05) is 19.6 Å². The number of amides is 1. The first-order chi connectivity index (χ1) is 8.13. The van der Waals surface area contributed by atoms with Crippen LogP contribution in [-0.2, 0) is 7.05 Å². The van der Waals surface area contributed by atoms with E-state index >= 15 is 0 Å². The Morgan fingerprint density at radius 3 is 2.78 bits per heavy atom. The quantitative estimate of drug-likeness (QED) is 0.888. The molecule has 1 unspecified atom stereocenters. The summed E-state index contributed by atoms with van der Waals surface area (Å²) in [5.41, 5.74) is 7.58. The van der Waals surface area contributed by atoms with Gasteiger partial charge in [0.2, 0.25) is 0 Å². The fraction of sp³-hybridized carbons (Fsp3) is 0.615. The van der Waals surface area contributed by atoms with Gasteiger partial charge in [-0.1, -0.05) is 0 Å². The van der Waals surface area contributed by atoms with Crippen LogP contribution in [-0.4, -0.2) is 35.0 Å². The third-order valence-corrected chi connectivity index (χ3v) is 3.73. The molecule has 0 aliphatic carbocycles. The van der Waals surface area contributed by atoms with Crippen molar-refractivity contribution in [2.24, 2.45) is 18.7 Å². The average Bonchev–Trinajstić information content (AvgIpc) is 2.69. The standard InChI is InChI=1S/C13H21N3O.ClH/c1-10-5-6-12(15(10)2)13(17)16-7-3-4-11(8-14)9-16;/h5-6,11H,3-4,7-9,14H2,1-2H3;1H. The van der Waals surface area contributed by atoms with Gasteiger partial charge in [-0.25, -0.2) is 0 Å². The van der Waals surface area contributed by atoms with E-state index in [1.165, 1.54) is 0 Å². The molecule has 0 saturated carbocycles. The second kappa shape index (κ2) is 6.25. The van der Waals surface area contributed by atoms with Crippen LogP contribution < -0.4 is 5.73 Å². The Morgan fingerprint density at radius 2 is 2.22 bits per heavy atom. The van der Waals surface area contributed by atoms with Gasteiger partial charge < -0.3 is 15.2 Å².